The number of ether oxygens (including phenoxy) is 2. The third kappa shape index (κ3) is 3.77. The zero-order valence-electron chi connectivity index (χ0n) is 12.4. The summed E-state index contributed by atoms with van der Waals surface area (Å²) in [6.07, 6.45) is 1.17. The Hall–Kier alpha value is -1.96. The van der Waals surface area contributed by atoms with Crippen LogP contribution in [0.2, 0.25) is 0 Å². The number of hydrogen-bond acceptors (Lipinski definition) is 2. The van der Waals surface area contributed by atoms with Crippen LogP contribution in [0.5, 0.6) is 11.5 Å². The van der Waals surface area contributed by atoms with Crippen LogP contribution in [0.3, 0.4) is 0 Å². The second-order valence-electron chi connectivity index (χ2n) is 5.02. The average molecular weight is 270 g/mol. The molecule has 0 spiro atoms. The van der Waals surface area contributed by atoms with Crippen molar-refractivity contribution in [3.63, 3.8) is 0 Å². The lowest BCUT2D eigenvalue weighted by atomic mass is 9.98. The van der Waals surface area contributed by atoms with Gasteiger partial charge in [-0.3, -0.25) is 0 Å². The van der Waals surface area contributed by atoms with Gasteiger partial charge in [-0.05, 0) is 47.7 Å². The zero-order valence-corrected chi connectivity index (χ0v) is 12.4. The molecule has 1 unspecified atom stereocenters. The lowest BCUT2D eigenvalue weighted by Crippen LogP contribution is -1.97. The smallest absolute Gasteiger partial charge is 0.120 e. The van der Waals surface area contributed by atoms with E-state index in [1.54, 1.807) is 7.11 Å². The first-order chi connectivity index (χ1) is 9.72. The van der Waals surface area contributed by atoms with Gasteiger partial charge in [-0.15, -0.1) is 0 Å². The minimum atomic E-state index is 0.590. The fourth-order valence-corrected chi connectivity index (χ4v) is 2.02. The van der Waals surface area contributed by atoms with E-state index >= 15 is 0 Å². The maximum Gasteiger partial charge on any atom is 0.120 e. The molecule has 0 amide bonds. The average Bonchev–Trinajstić information content (AvgIpc) is 2.53. The molecule has 0 aliphatic rings. The summed E-state index contributed by atoms with van der Waals surface area (Å²) >= 11 is 0. The van der Waals surface area contributed by atoms with E-state index in [-0.39, 0.29) is 0 Å². The van der Waals surface area contributed by atoms with E-state index in [0.717, 1.165) is 11.5 Å². The Balaban J connectivity index is 1.93. The first kappa shape index (κ1) is 14.4. The summed E-state index contributed by atoms with van der Waals surface area (Å²) in [6.45, 7) is 5.06. The van der Waals surface area contributed by atoms with Crippen molar-refractivity contribution >= 4 is 0 Å². The van der Waals surface area contributed by atoms with Crippen LogP contribution in [-0.4, -0.2) is 7.11 Å². The molecule has 0 aromatic heterocycles. The number of benzene rings is 2. The van der Waals surface area contributed by atoms with E-state index in [1.165, 1.54) is 17.5 Å². The van der Waals surface area contributed by atoms with E-state index in [4.69, 9.17) is 9.47 Å². The molecule has 0 N–H and O–H groups in total. The fourth-order valence-electron chi connectivity index (χ4n) is 2.02. The third-order valence-electron chi connectivity index (χ3n) is 3.63. The standard InChI is InChI=1S/C18H22O2/c1-4-14(2)16-7-5-15(6-8-16)13-20-18-11-9-17(19-3)10-12-18/h5-12,14H,4,13H2,1-3H3. The van der Waals surface area contributed by atoms with Gasteiger partial charge < -0.3 is 9.47 Å². The number of rotatable bonds is 6. The van der Waals surface area contributed by atoms with Crippen LogP contribution in [0.15, 0.2) is 48.5 Å². The molecule has 0 fully saturated rings. The summed E-state index contributed by atoms with van der Waals surface area (Å²) in [7, 11) is 1.66. The van der Waals surface area contributed by atoms with Crippen LogP contribution in [0, 0.1) is 0 Å². The summed E-state index contributed by atoms with van der Waals surface area (Å²) in [5.74, 6) is 2.32. The van der Waals surface area contributed by atoms with Crippen LogP contribution in [0.1, 0.15) is 37.3 Å². The second kappa shape index (κ2) is 6.99. The summed E-state index contributed by atoms with van der Waals surface area (Å²) in [6, 6.07) is 16.3. The Bertz CT molecular complexity index is 514. The van der Waals surface area contributed by atoms with Gasteiger partial charge in [-0.2, -0.15) is 0 Å². The van der Waals surface area contributed by atoms with Gasteiger partial charge in [0.25, 0.3) is 0 Å². The molecular formula is C18H22O2. The molecule has 0 aliphatic carbocycles. The van der Waals surface area contributed by atoms with E-state index in [2.05, 4.69) is 38.1 Å². The summed E-state index contributed by atoms with van der Waals surface area (Å²) < 4.78 is 10.9. The van der Waals surface area contributed by atoms with Crippen molar-refractivity contribution in [1.29, 1.82) is 0 Å². The molecular weight excluding hydrogens is 248 g/mol. The lowest BCUT2D eigenvalue weighted by molar-refractivity contribution is 0.305. The maximum absolute atomic E-state index is 5.76. The predicted octanol–water partition coefficient (Wildman–Crippen LogP) is 4.79. The van der Waals surface area contributed by atoms with Crippen molar-refractivity contribution in [3.05, 3.63) is 59.7 Å². The Morgan fingerprint density at radius 3 is 2.05 bits per heavy atom. The Morgan fingerprint density at radius 2 is 1.50 bits per heavy atom. The highest BCUT2D eigenvalue weighted by Gasteiger charge is 2.03. The molecule has 0 bridgehead atoms. The normalized spacial score (nSPS) is 11.9. The van der Waals surface area contributed by atoms with Gasteiger partial charge in [0, 0.05) is 0 Å². The van der Waals surface area contributed by atoms with Gasteiger partial charge >= 0.3 is 0 Å². The van der Waals surface area contributed by atoms with Crippen LogP contribution >= 0.6 is 0 Å². The molecule has 2 aromatic carbocycles. The minimum Gasteiger partial charge on any atom is -0.497 e. The van der Waals surface area contributed by atoms with Crippen molar-refractivity contribution in [2.24, 2.45) is 0 Å². The molecule has 0 heterocycles. The molecule has 2 nitrogen and oxygen atoms in total. The monoisotopic (exact) mass is 270 g/mol. The molecule has 106 valence electrons. The van der Waals surface area contributed by atoms with Crippen LogP contribution < -0.4 is 9.47 Å². The number of hydrogen-bond donors (Lipinski definition) is 0. The molecule has 2 aromatic rings. The SMILES string of the molecule is CCC(C)c1ccc(COc2ccc(OC)cc2)cc1. The molecule has 1 atom stereocenters. The summed E-state index contributed by atoms with van der Waals surface area (Å²) in [5, 5.41) is 0. The van der Waals surface area contributed by atoms with Crippen LogP contribution in [0.25, 0.3) is 0 Å². The van der Waals surface area contributed by atoms with E-state index in [1.807, 2.05) is 24.3 Å². The molecule has 0 radical (unpaired) electrons. The van der Waals surface area contributed by atoms with Gasteiger partial charge in [-0.25, -0.2) is 0 Å². The van der Waals surface area contributed by atoms with Crippen molar-refractivity contribution in [1.82, 2.24) is 0 Å². The molecule has 0 saturated heterocycles. The Morgan fingerprint density at radius 1 is 0.900 bits per heavy atom. The first-order valence-corrected chi connectivity index (χ1v) is 7.08. The number of methoxy groups -OCH3 is 1. The highest BCUT2D eigenvalue weighted by atomic mass is 16.5. The van der Waals surface area contributed by atoms with Gasteiger partial charge in [0.05, 0.1) is 7.11 Å². The first-order valence-electron chi connectivity index (χ1n) is 7.08. The second-order valence-corrected chi connectivity index (χ2v) is 5.02. The molecule has 2 rings (SSSR count). The highest BCUT2D eigenvalue weighted by Crippen LogP contribution is 2.21. The lowest BCUT2D eigenvalue weighted by Gasteiger charge is -2.11. The van der Waals surface area contributed by atoms with E-state index in [9.17, 15) is 0 Å². The van der Waals surface area contributed by atoms with Crippen molar-refractivity contribution in [3.8, 4) is 11.5 Å². The van der Waals surface area contributed by atoms with E-state index < -0.39 is 0 Å². The van der Waals surface area contributed by atoms with Gasteiger partial charge in [0.15, 0.2) is 0 Å². The highest BCUT2D eigenvalue weighted by molar-refractivity contribution is 5.31. The van der Waals surface area contributed by atoms with Crippen LogP contribution in [0.4, 0.5) is 0 Å². The van der Waals surface area contributed by atoms with Crippen molar-refractivity contribution in [2.45, 2.75) is 32.8 Å². The van der Waals surface area contributed by atoms with Crippen molar-refractivity contribution in [2.75, 3.05) is 7.11 Å². The van der Waals surface area contributed by atoms with Crippen molar-refractivity contribution < 1.29 is 9.47 Å². The minimum absolute atomic E-state index is 0.590. The molecule has 20 heavy (non-hydrogen) atoms. The predicted molar refractivity (Wildman–Crippen MR) is 82.5 cm³/mol. The molecule has 2 heteroatoms. The van der Waals surface area contributed by atoms with E-state index in [0.29, 0.717) is 12.5 Å². The fraction of sp³-hybridized carbons (Fsp3) is 0.333. The van der Waals surface area contributed by atoms with Gasteiger partial charge in [0.2, 0.25) is 0 Å². The van der Waals surface area contributed by atoms with Gasteiger partial charge in [0.1, 0.15) is 18.1 Å². The molecule has 0 aliphatic heterocycles. The quantitative estimate of drug-likeness (QED) is 0.751. The van der Waals surface area contributed by atoms with Gasteiger partial charge in [-0.1, -0.05) is 38.1 Å². The maximum atomic E-state index is 5.76. The third-order valence-corrected chi connectivity index (χ3v) is 3.63. The largest absolute Gasteiger partial charge is 0.497 e. The zero-order chi connectivity index (χ0) is 14.4. The summed E-state index contributed by atoms with van der Waals surface area (Å²) in [5.41, 5.74) is 2.58. The van der Waals surface area contributed by atoms with Crippen LogP contribution in [-0.2, 0) is 6.61 Å². The topological polar surface area (TPSA) is 18.5 Å². The Kier molecular flexibility index (Phi) is 5.05. The Labute approximate surface area is 121 Å². The molecule has 0 saturated carbocycles. The summed E-state index contributed by atoms with van der Waals surface area (Å²) in [4.78, 5) is 0.